The second-order valence-electron chi connectivity index (χ2n) is 10.2. The molecular weight excluding hydrogens is 526 g/mol. The van der Waals surface area contributed by atoms with E-state index >= 15 is 0 Å². The van der Waals surface area contributed by atoms with Gasteiger partial charge in [-0.05, 0) is 59.5 Å². The van der Waals surface area contributed by atoms with Gasteiger partial charge < -0.3 is 19.6 Å². The summed E-state index contributed by atoms with van der Waals surface area (Å²) >= 11 is 0. The monoisotopic (exact) mass is 557 g/mol. The highest BCUT2D eigenvalue weighted by Crippen LogP contribution is 2.35. The number of aromatic amines is 1. The van der Waals surface area contributed by atoms with E-state index in [1.54, 1.807) is 12.4 Å². The van der Waals surface area contributed by atoms with Gasteiger partial charge in [0, 0.05) is 47.4 Å². The second-order valence-corrected chi connectivity index (χ2v) is 10.2. The van der Waals surface area contributed by atoms with Crippen molar-refractivity contribution in [1.29, 1.82) is 0 Å². The number of carboxylic acid groups (broad SMARTS) is 1. The molecule has 210 valence electrons. The molecule has 6 rings (SSSR count). The van der Waals surface area contributed by atoms with Crippen LogP contribution in [0.4, 0.5) is 0 Å². The number of rotatable bonds is 11. The zero-order valence-corrected chi connectivity index (χ0v) is 23.3. The molecule has 0 amide bonds. The van der Waals surface area contributed by atoms with E-state index in [-0.39, 0.29) is 5.69 Å². The summed E-state index contributed by atoms with van der Waals surface area (Å²) in [7, 11) is 0. The molecule has 0 bridgehead atoms. The van der Waals surface area contributed by atoms with Gasteiger partial charge in [-0.3, -0.25) is 4.98 Å². The van der Waals surface area contributed by atoms with Crippen molar-refractivity contribution in [1.82, 2.24) is 15.0 Å². The summed E-state index contributed by atoms with van der Waals surface area (Å²) in [5, 5.41) is 13.2. The lowest BCUT2D eigenvalue weighted by Crippen LogP contribution is -2.04. The molecule has 7 nitrogen and oxygen atoms in total. The molecule has 0 aliphatic carbocycles. The smallest absolute Gasteiger partial charge is 0.352 e. The molecule has 42 heavy (non-hydrogen) atoms. The van der Waals surface area contributed by atoms with Crippen LogP contribution in [0.5, 0.6) is 11.6 Å². The van der Waals surface area contributed by atoms with Gasteiger partial charge in [0.1, 0.15) is 11.4 Å². The number of nitrogens with one attached hydrogen (secondary N) is 1. The molecule has 3 aromatic carbocycles. The van der Waals surface area contributed by atoms with E-state index in [9.17, 15) is 9.90 Å². The largest absolute Gasteiger partial charge is 0.493 e. The van der Waals surface area contributed by atoms with Gasteiger partial charge >= 0.3 is 5.97 Å². The minimum Gasteiger partial charge on any atom is -0.493 e. The number of aromatic carboxylic acids is 1. The Morgan fingerprint density at radius 1 is 0.857 bits per heavy atom. The molecule has 0 atom stereocenters. The normalized spacial score (nSPS) is 11.2. The van der Waals surface area contributed by atoms with E-state index < -0.39 is 5.97 Å². The number of aromatic nitrogens is 3. The van der Waals surface area contributed by atoms with Gasteiger partial charge in [-0.1, -0.05) is 60.7 Å². The average Bonchev–Trinajstić information content (AvgIpc) is 3.40. The Labute approximate surface area is 243 Å². The summed E-state index contributed by atoms with van der Waals surface area (Å²) < 4.78 is 12.1. The lowest BCUT2D eigenvalue weighted by Gasteiger charge is -2.11. The molecule has 3 heterocycles. The average molecular weight is 558 g/mol. The van der Waals surface area contributed by atoms with Crippen molar-refractivity contribution in [3.8, 4) is 22.8 Å². The predicted octanol–water partition coefficient (Wildman–Crippen LogP) is 7.42. The van der Waals surface area contributed by atoms with Crippen LogP contribution in [0.15, 0.2) is 97.5 Å². The molecule has 7 heteroatoms. The van der Waals surface area contributed by atoms with Gasteiger partial charge in [-0.2, -0.15) is 0 Å². The number of ether oxygens (including phenoxy) is 2. The molecular formula is C35H31N3O4. The molecule has 2 N–H and O–H groups in total. The minimum absolute atomic E-state index is 0.210. The first-order valence-electron chi connectivity index (χ1n) is 14.0. The molecule has 0 saturated heterocycles. The number of fused-ring (bicyclic) bond motifs is 2. The third-order valence-corrected chi connectivity index (χ3v) is 7.47. The Morgan fingerprint density at radius 2 is 1.69 bits per heavy atom. The van der Waals surface area contributed by atoms with E-state index in [4.69, 9.17) is 9.47 Å². The second kappa shape index (κ2) is 12.1. The SMILES string of the molecule is Cc1cnc(OCCc2cccnc2)cc1-c1cccc2c(CCCOc3cccc4ccccc34)c(C(=O)O)[nH]c12. The first-order valence-corrected chi connectivity index (χ1v) is 14.0. The number of pyridine rings is 2. The van der Waals surface area contributed by atoms with Crippen molar-refractivity contribution < 1.29 is 19.4 Å². The van der Waals surface area contributed by atoms with Crippen LogP contribution in [0.2, 0.25) is 0 Å². The van der Waals surface area contributed by atoms with Crippen LogP contribution >= 0.6 is 0 Å². The first-order chi connectivity index (χ1) is 20.6. The van der Waals surface area contributed by atoms with Crippen LogP contribution in [-0.4, -0.2) is 39.2 Å². The quantitative estimate of drug-likeness (QED) is 0.161. The highest BCUT2D eigenvalue weighted by molar-refractivity contribution is 6.03. The number of nitrogens with zero attached hydrogens (tertiary/aromatic N) is 2. The van der Waals surface area contributed by atoms with Crippen LogP contribution in [0.1, 0.15) is 33.6 Å². The molecule has 0 aliphatic rings. The summed E-state index contributed by atoms with van der Waals surface area (Å²) in [4.78, 5) is 24.1. The summed E-state index contributed by atoms with van der Waals surface area (Å²) in [6.45, 7) is 2.94. The van der Waals surface area contributed by atoms with E-state index in [0.29, 0.717) is 31.9 Å². The predicted molar refractivity (Wildman–Crippen MR) is 164 cm³/mol. The maximum atomic E-state index is 12.3. The standard InChI is InChI=1S/C35H31N3O4/c1-23-21-37-32(42-19-16-24-8-6-17-36-22-24)20-30(23)29-13-5-12-27-28(34(35(39)40)38-33(27)29)14-7-18-41-31-15-4-10-25-9-2-3-11-26(25)31/h2-6,8-13,15,17,20-22,38H,7,14,16,18-19H2,1H3,(H,39,40). The number of carboxylic acids is 1. The number of aryl methyl sites for hydroxylation is 2. The van der Waals surface area contributed by atoms with Gasteiger partial charge in [-0.15, -0.1) is 0 Å². The molecule has 0 radical (unpaired) electrons. The van der Waals surface area contributed by atoms with Crippen molar-refractivity contribution in [2.45, 2.75) is 26.2 Å². The maximum Gasteiger partial charge on any atom is 0.352 e. The maximum absolute atomic E-state index is 12.3. The van der Waals surface area contributed by atoms with Crippen LogP contribution in [0.25, 0.3) is 32.8 Å². The van der Waals surface area contributed by atoms with Gasteiger partial charge in [-0.25, -0.2) is 9.78 Å². The lowest BCUT2D eigenvalue weighted by atomic mass is 9.98. The molecule has 3 aromatic heterocycles. The van der Waals surface area contributed by atoms with Gasteiger partial charge in [0.15, 0.2) is 0 Å². The van der Waals surface area contributed by atoms with Crippen molar-refractivity contribution in [3.05, 3.63) is 120 Å². The molecule has 0 fully saturated rings. The van der Waals surface area contributed by atoms with Crippen LogP contribution in [0, 0.1) is 6.92 Å². The zero-order chi connectivity index (χ0) is 28.9. The van der Waals surface area contributed by atoms with E-state index in [0.717, 1.165) is 61.7 Å². The molecule has 6 aromatic rings. The molecule has 0 spiro atoms. The van der Waals surface area contributed by atoms with Gasteiger partial charge in [0.05, 0.1) is 18.7 Å². The fourth-order valence-corrected chi connectivity index (χ4v) is 5.39. The molecule has 0 unspecified atom stereocenters. The fraction of sp³-hybridized carbons (Fsp3) is 0.171. The van der Waals surface area contributed by atoms with E-state index in [1.807, 2.05) is 79.9 Å². The van der Waals surface area contributed by atoms with Crippen LogP contribution in [0.3, 0.4) is 0 Å². The number of hydrogen-bond donors (Lipinski definition) is 2. The Bertz CT molecular complexity index is 1860. The summed E-state index contributed by atoms with van der Waals surface area (Å²) in [5.74, 6) is 0.375. The van der Waals surface area contributed by atoms with Crippen LogP contribution < -0.4 is 9.47 Å². The number of H-pyrrole nitrogens is 1. The number of carbonyl (C=O) groups is 1. The van der Waals surface area contributed by atoms with Crippen molar-refractivity contribution >= 4 is 27.6 Å². The number of benzene rings is 3. The Kier molecular flexibility index (Phi) is 7.81. The summed E-state index contributed by atoms with van der Waals surface area (Å²) in [6, 6.07) is 25.9. The summed E-state index contributed by atoms with van der Waals surface area (Å²) in [5.41, 5.74) is 5.69. The molecule has 0 aliphatic heterocycles. The topological polar surface area (TPSA) is 97.3 Å². The highest BCUT2D eigenvalue weighted by atomic mass is 16.5. The van der Waals surface area contributed by atoms with Crippen molar-refractivity contribution in [2.24, 2.45) is 0 Å². The first kappa shape index (κ1) is 27.0. The Morgan fingerprint density at radius 3 is 2.55 bits per heavy atom. The zero-order valence-electron chi connectivity index (χ0n) is 23.3. The third-order valence-electron chi connectivity index (χ3n) is 7.47. The minimum atomic E-state index is -0.979. The third kappa shape index (κ3) is 5.67. The molecule has 0 saturated carbocycles. The van der Waals surface area contributed by atoms with Crippen molar-refractivity contribution in [3.63, 3.8) is 0 Å². The Hall–Kier alpha value is -5.17. The van der Waals surface area contributed by atoms with E-state index in [1.165, 1.54) is 0 Å². The highest BCUT2D eigenvalue weighted by Gasteiger charge is 2.20. The fourth-order valence-electron chi connectivity index (χ4n) is 5.39. The lowest BCUT2D eigenvalue weighted by molar-refractivity contribution is 0.0690. The van der Waals surface area contributed by atoms with Gasteiger partial charge in [0.25, 0.3) is 0 Å². The van der Waals surface area contributed by atoms with Crippen molar-refractivity contribution in [2.75, 3.05) is 13.2 Å². The van der Waals surface area contributed by atoms with Crippen LogP contribution in [-0.2, 0) is 12.8 Å². The summed E-state index contributed by atoms with van der Waals surface area (Å²) in [6.07, 6.45) is 7.33. The Balaban J connectivity index is 1.22. The number of para-hydroxylation sites is 1. The number of hydrogen-bond acceptors (Lipinski definition) is 5. The van der Waals surface area contributed by atoms with E-state index in [2.05, 4.69) is 27.1 Å². The van der Waals surface area contributed by atoms with Gasteiger partial charge in [0.2, 0.25) is 5.88 Å².